The van der Waals surface area contributed by atoms with Crippen LogP contribution in [0.4, 0.5) is 5.69 Å². The fraction of sp³-hybridized carbons (Fsp3) is 0.440. The maximum Gasteiger partial charge on any atom is 0.244 e. The molecule has 192 valence electrons. The van der Waals surface area contributed by atoms with Crippen LogP contribution in [0.1, 0.15) is 45.2 Å². The number of halogens is 2. The van der Waals surface area contributed by atoms with Crippen LogP contribution in [0, 0.1) is 6.92 Å². The van der Waals surface area contributed by atoms with Crippen LogP contribution in [0.3, 0.4) is 0 Å². The number of amides is 2. The summed E-state index contributed by atoms with van der Waals surface area (Å²) in [7, 11) is -3.87. The van der Waals surface area contributed by atoms with E-state index in [-0.39, 0.29) is 28.2 Å². The first-order valence-corrected chi connectivity index (χ1v) is 13.8. The second-order valence-electron chi connectivity index (χ2n) is 9.57. The number of rotatable bonds is 9. The maximum absolute atomic E-state index is 13.7. The SMILES string of the molecule is CCC(C(=O)NC(C)(C)C)N(Cc1ccc(C)cc1)C(=O)CN(c1cc(Cl)cc(Cl)c1)S(C)(=O)=O. The van der Waals surface area contributed by atoms with Crippen LogP contribution < -0.4 is 9.62 Å². The van der Waals surface area contributed by atoms with Crippen molar-refractivity contribution in [2.24, 2.45) is 0 Å². The van der Waals surface area contributed by atoms with Crippen LogP contribution in [0.2, 0.25) is 10.0 Å². The summed E-state index contributed by atoms with van der Waals surface area (Å²) in [5.41, 5.74) is 1.55. The number of nitrogens with one attached hydrogen (secondary N) is 1. The van der Waals surface area contributed by atoms with E-state index in [1.807, 2.05) is 58.9 Å². The van der Waals surface area contributed by atoms with Crippen LogP contribution in [-0.2, 0) is 26.2 Å². The van der Waals surface area contributed by atoms with Gasteiger partial charge < -0.3 is 10.2 Å². The van der Waals surface area contributed by atoms with Gasteiger partial charge in [-0.25, -0.2) is 8.42 Å². The molecule has 35 heavy (non-hydrogen) atoms. The molecule has 10 heteroatoms. The van der Waals surface area contributed by atoms with Crippen LogP contribution in [0.5, 0.6) is 0 Å². The van der Waals surface area contributed by atoms with Gasteiger partial charge in [-0.3, -0.25) is 13.9 Å². The molecule has 1 atom stereocenters. The molecule has 0 aliphatic carbocycles. The lowest BCUT2D eigenvalue weighted by molar-refractivity contribution is -0.141. The molecule has 2 aromatic carbocycles. The molecule has 0 fully saturated rings. The Hall–Kier alpha value is -2.29. The number of carbonyl (C=O) groups excluding carboxylic acids is 2. The summed E-state index contributed by atoms with van der Waals surface area (Å²) in [6, 6.07) is 11.1. The third kappa shape index (κ3) is 8.70. The highest BCUT2D eigenvalue weighted by molar-refractivity contribution is 7.92. The van der Waals surface area contributed by atoms with Gasteiger partial charge in [-0.15, -0.1) is 0 Å². The summed E-state index contributed by atoms with van der Waals surface area (Å²) in [6.07, 6.45) is 1.35. The Labute approximate surface area is 218 Å². The minimum absolute atomic E-state index is 0.142. The zero-order chi connectivity index (χ0) is 26.6. The molecule has 0 aromatic heterocycles. The molecule has 0 saturated carbocycles. The van der Waals surface area contributed by atoms with Gasteiger partial charge in [0.25, 0.3) is 0 Å². The number of sulfonamides is 1. The Bertz CT molecular complexity index is 1140. The van der Waals surface area contributed by atoms with E-state index in [1.165, 1.54) is 23.1 Å². The van der Waals surface area contributed by atoms with Crippen LogP contribution in [0.15, 0.2) is 42.5 Å². The van der Waals surface area contributed by atoms with E-state index in [9.17, 15) is 18.0 Å². The Kier molecular flexibility index (Phi) is 9.62. The van der Waals surface area contributed by atoms with E-state index >= 15 is 0 Å². The van der Waals surface area contributed by atoms with Gasteiger partial charge in [0.05, 0.1) is 11.9 Å². The first-order chi connectivity index (χ1) is 16.1. The molecular weight excluding hydrogens is 509 g/mol. The van der Waals surface area contributed by atoms with E-state index in [1.54, 1.807) is 0 Å². The molecule has 2 rings (SSSR count). The van der Waals surface area contributed by atoms with Crippen molar-refractivity contribution < 1.29 is 18.0 Å². The average molecular weight is 543 g/mol. The zero-order valence-electron chi connectivity index (χ0n) is 20.9. The number of anilines is 1. The number of hydrogen-bond acceptors (Lipinski definition) is 4. The summed E-state index contributed by atoms with van der Waals surface area (Å²) in [6.45, 7) is 8.98. The van der Waals surface area contributed by atoms with Gasteiger partial charge in [0.1, 0.15) is 12.6 Å². The Morgan fingerprint density at radius 2 is 1.57 bits per heavy atom. The lowest BCUT2D eigenvalue weighted by Gasteiger charge is -2.34. The Morgan fingerprint density at radius 3 is 2.03 bits per heavy atom. The van der Waals surface area contributed by atoms with Gasteiger partial charge in [0.2, 0.25) is 21.8 Å². The van der Waals surface area contributed by atoms with Crippen molar-refractivity contribution in [2.45, 2.75) is 59.2 Å². The summed E-state index contributed by atoms with van der Waals surface area (Å²) in [5, 5.41) is 3.41. The first-order valence-electron chi connectivity index (χ1n) is 11.2. The summed E-state index contributed by atoms with van der Waals surface area (Å²) < 4.78 is 26.3. The number of hydrogen-bond donors (Lipinski definition) is 1. The van der Waals surface area contributed by atoms with Crippen LogP contribution in [0.25, 0.3) is 0 Å². The molecule has 2 amide bonds. The van der Waals surface area contributed by atoms with Crippen LogP contribution >= 0.6 is 23.2 Å². The van der Waals surface area contributed by atoms with Crippen molar-refractivity contribution in [1.29, 1.82) is 0 Å². The highest BCUT2D eigenvalue weighted by Crippen LogP contribution is 2.27. The molecule has 0 bridgehead atoms. The van der Waals surface area contributed by atoms with Crippen molar-refractivity contribution in [3.8, 4) is 0 Å². The highest BCUT2D eigenvalue weighted by Gasteiger charge is 2.33. The molecule has 0 radical (unpaired) electrons. The van der Waals surface area contributed by atoms with Crippen molar-refractivity contribution in [3.05, 3.63) is 63.6 Å². The quantitative estimate of drug-likeness (QED) is 0.494. The smallest absolute Gasteiger partial charge is 0.244 e. The average Bonchev–Trinajstić information content (AvgIpc) is 2.70. The lowest BCUT2D eigenvalue weighted by atomic mass is 10.1. The fourth-order valence-corrected chi connectivity index (χ4v) is 4.91. The molecule has 1 N–H and O–H groups in total. The number of benzene rings is 2. The van der Waals surface area contributed by atoms with Gasteiger partial charge >= 0.3 is 0 Å². The first kappa shape index (κ1) is 28.9. The van der Waals surface area contributed by atoms with E-state index in [2.05, 4.69) is 5.32 Å². The topological polar surface area (TPSA) is 86.8 Å². The molecule has 0 aliphatic rings. The van der Waals surface area contributed by atoms with Gasteiger partial charge in [-0.2, -0.15) is 0 Å². The minimum atomic E-state index is -3.87. The number of carbonyl (C=O) groups is 2. The summed E-state index contributed by atoms with van der Waals surface area (Å²) >= 11 is 12.2. The summed E-state index contributed by atoms with van der Waals surface area (Å²) in [5.74, 6) is -0.833. The molecule has 0 aliphatic heterocycles. The fourth-order valence-electron chi connectivity index (χ4n) is 3.56. The normalized spacial score (nSPS) is 12.7. The molecule has 7 nitrogen and oxygen atoms in total. The molecule has 0 saturated heterocycles. The third-order valence-electron chi connectivity index (χ3n) is 5.17. The Morgan fingerprint density at radius 1 is 1.03 bits per heavy atom. The van der Waals surface area contributed by atoms with Crippen molar-refractivity contribution in [1.82, 2.24) is 10.2 Å². The molecular formula is C25H33Cl2N3O4S. The lowest BCUT2D eigenvalue weighted by Crippen LogP contribution is -2.55. The molecule has 0 spiro atoms. The van der Waals surface area contributed by atoms with E-state index in [0.29, 0.717) is 6.42 Å². The predicted molar refractivity (Wildman–Crippen MR) is 142 cm³/mol. The van der Waals surface area contributed by atoms with E-state index in [4.69, 9.17) is 23.2 Å². The van der Waals surface area contributed by atoms with E-state index in [0.717, 1.165) is 21.7 Å². The third-order valence-corrected chi connectivity index (χ3v) is 6.75. The second kappa shape index (κ2) is 11.6. The van der Waals surface area contributed by atoms with Crippen molar-refractivity contribution >= 4 is 50.7 Å². The number of aryl methyl sites for hydroxylation is 1. The second-order valence-corrected chi connectivity index (χ2v) is 12.3. The summed E-state index contributed by atoms with van der Waals surface area (Å²) in [4.78, 5) is 28.2. The van der Waals surface area contributed by atoms with Gasteiger partial charge in [-0.1, -0.05) is 60.0 Å². The monoisotopic (exact) mass is 541 g/mol. The Balaban J connectivity index is 2.48. The standard InChI is InChI=1S/C25H33Cl2N3O4S/c1-7-22(24(32)28-25(3,4)5)29(15-18-10-8-17(2)9-11-18)23(31)16-30(35(6,33)34)21-13-19(26)12-20(27)14-21/h8-14,22H,7,15-16H2,1-6H3,(H,28,32). The van der Waals surface area contributed by atoms with Crippen molar-refractivity contribution in [3.63, 3.8) is 0 Å². The van der Waals surface area contributed by atoms with E-state index < -0.39 is 34.1 Å². The van der Waals surface area contributed by atoms with Crippen molar-refractivity contribution in [2.75, 3.05) is 17.1 Å². The maximum atomic E-state index is 13.7. The van der Waals surface area contributed by atoms with Crippen LogP contribution in [-0.4, -0.2) is 49.5 Å². The molecule has 1 unspecified atom stereocenters. The molecule has 0 heterocycles. The molecule has 2 aromatic rings. The zero-order valence-corrected chi connectivity index (χ0v) is 23.3. The van der Waals surface area contributed by atoms with Gasteiger partial charge in [0.15, 0.2) is 0 Å². The highest BCUT2D eigenvalue weighted by atomic mass is 35.5. The van der Waals surface area contributed by atoms with Gasteiger partial charge in [0, 0.05) is 22.1 Å². The van der Waals surface area contributed by atoms with Gasteiger partial charge in [-0.05, 0) is 57.9 Å². The minimum Gasteiger partial charge on any atom is -0.350 e. The largest absolute Gasteiger partial charge is 0.350 e. The predicted octanol–water partition coefficient (Wildman–Crippen LogP) is 4.79. The number of nitrogens with zero attached hydrogens (tertiary/aromatic N) is 2.